The Labute approximate surface area is 116 Å². The molecular weight excluding hydrogens is 284 g/mol. The zero-order chi connectivity index (χ0) is 13.9. The third-order valence-corrected chi connectivity index (χ3v) is 4.65. The molecule has 3 N–H and O–H groups in total. The molecule has 2 aromatic rings. The Balaban J connectivity index is 2.30. The minimum absolute atomic E-state index is 0.0529. The first kappa shape index (κ1) is 14.0. The van der Waals surface area contributed by atoms with Gasteiger partial charge in [0.15, 0.2) is 0 Å². The van der Waals surface area contributed by atoms with Gasteiger partial charge in [-0.15, -0.1) is 0 Å². The number of nitrogens with zero attached hydrogens (tertiary/aromatic N) is 1. The molecule has 2 heterocycles. The maximum atomic E-state index is 12.3. The Morgan fingerprint density at radius 3 is 2.89 bits per heavy atom. The van der Waals surface area contributed by atoms with E-state index in [2.05, 4.69) is 20.2 Å². The van der Waals surface area contributed by atoms with Gasteiger partial charge in [0.2, 0.25) is 5.03 Å². The Kier molecular flexibility index (Phi) is 4.23. The molecule has 0 fully saturated rings. The van der Waals surface area contributed by atoms with E-state index in [0.717, 1.165) is 12.2 Å². The van der Waals surface area contributed by atoms with Crippen molar-refractivity contribution in [3.05, 3.63) is 28.1 Å². The van der Waals surface area contributed by atoms with E-state index in [9.17, 15) is 8.42 Å². The van der Waals surface area contributed by atoms with Crippen molar-refractivity contribution in [2.24, 2.45) is 0 Å². The lowest BCUT2D eigenvalue weighted by Gasteiger charge is -2.07. The van der Waals surface area contributed by atoms with E-state index >= 15 is 0 Å². The lowest BCUT2D eigenvalue weighted by molar-refractivity contribution is 0.594. The fourth-order valence-electron chi connectivity index (χ4n) is 1.64. The summed E-state index contributed by atoms with van der Waals surface area (Å²) in [5, 5.41) is 13.3. The van der Waals surface area contributed by atoms with Crippen LogP contribution in [-0.2, 0) is 16.6 Å². The third kappa shape index (κ3) is 3.14. The van der Waals surface area contributed by atoms with Crippen LogP contribution in [0.4, 0.5) is 5.69 Å². The molecule has 104 valence electrons. The smallest absolute Gasteiger partial charge is 0.281 e. The van der Waals surface area contributed by atoms with Gasteiger partial charge in [-0.05, 0) is 24.9 Å². The van der Waals surface area contributed by atoms with Crippen LogP contribution in [-0.4, -0.2) is 25.2 Å². The largest absolute Gasteiger partial charge is 0.313 e. The summed E-state index contributed by atoms with van der Waals surface area (Å²) in [7, 11) is -3.65. The average molecular weight is 300 g/mol. The maximum absolute atomic E-state index is 12.3. The van der Waals surface area contributed by atoms with Crippen LogP contribution in [0, 0.1) is 6.92 Å². The summed E-state index contributed by atoms with van der Waals surface area (Å²) >= 11 is 1.43. The molecule has 2 rings (SSSR count). The first-order valence-electron chi connectivity index (χ1n) is 5.84. The predicted molar refractivity (Wildman–Crippen MR) is 75.8 cm³/mol. The molecule has 19 heavy (non-hydrogen) atoms. The van der Waals surface area contributed by atoms with Gasteiger partial charge in [-0.25, -0.2) is 0 Å². The quantitative estimate of drug-likeness (QED) is 0.757. The number of nitrogens with one attached hydrogen (secondary N) is 3. The zero-order valence-electron chi connectivity index (χ0n) is 10.7. The minimum atomic E-state index is -3.65. The highest BCUT2D eigenvalue weighted by Gasteiger charge is 2.23. The summed E-state index contributed by atoms with van der Waals surface area (Å²) in [5.74, 6) is 0. The lowest BCUT2D eigenvalue weighted by Crippen LogP contribution is -2.18. The van der Waals surface area contributed by atoms with Crippen molar-refractivity contribution >= 4 is 27.0 Å². The van der Waals surface area contributed by atoms with Crippen molar-refractivity contribution in [1.29, 1.82) is 0 Å². The minimum Gasteiger partial charge on any atom is -0.313 e. The fourth-order valence-corrected chi connectivity index (χ4v) is 3.55. The molecule has 0 unspecified atom stereocenters. The number of aryl methyl sites for hydroxylation is 1. The normalized spacial score (nSPS) is 11.7. The van der Waals surface area contributed by atoms with Gasteiger partial charge in [0.25, 0.3) is 10.0 Å². The number of H-pyrrole nitrogens is 1. The third-order valence-electron chi connectivity index (χ3n) is 2.62. The molecule has 0 radical (unpaired) electrons. The molecule has 0 aliphatic heterocycles. The standard InChI is InChI=1S/C11H16N4O2S2/c1-3-12-6-10-8(2)13-14-11(10)19(16,17)15-9-4-5-18-7-9/h4-5,7,12,15H,3,6H2,1-2H3,(H,13,14). The molecule has 0 aliphatic carbocycles. The monoisotopic (exact) mass is 300 g/mol. The van der Waals surface area contributed by atoms with E-state index in [1.807, 2.05) is 19.2 Å². The zero-order valence-corrected chi connectivity index (χ0v) is 12.4. The number of hydrogen-bond donors (Lipinski definition) is 3. The van der Waals surface area contributed by atoms with Gasteiger partial charge in [0.05, 0.1) is 5.69 Å². The molecule has 0 aromatic carbocycles. The van der Waals surface area contributed by atoms with Crippen LogP contribution in [0.2, 0.25) is 0 Å². The van der Waals surface area contributed by atoms with E-state index in [4.69, 9.17) is 0 Å². The second-order valence-electron chi connectivity index (χ2n) is 4.03. The Bertz CT molecular complexity index is 632. The molecule has 0 atom stereocenters. The number of aromatic amines is 1. The van der Waals surface area contributed by atoms with Crippen LogP contribution < -0.4 is 10.0 Å². The van der Waals surface area contributed by atoms with Crippen molar-refractivity contribution in [1.82, 2.24) is 15.5 Å². The number of anilines is 1. The van der Waals surface area contributed by atoms with E-state index < -0.39 is 10.0 Å². The Morgan fingerprint density at radius 1 is 1.47 bits per heavy atom. The molecule has 0 amide bonds. The van der Waals surface area contributed by atoms with Gasteiger partial charge in [-0.1, -0.05) is 6.92 Å². The number of thiophene rings is 1. The summed E-state index contributed by atoms with van der Waals surface area (Å²) < 4.78 is 27.1. The van der Waals surface area contributed by atoms with Crippen molar-refractivity contribution in [3.63, 3.8) is 0 Å². The second kappa shape index (κ2) is 5.72. The molecule has 0 aliphatic rings. The summed E-state index contributed by atoms with van der Waals surface area (Å²) in [6.07, 6.45) is 0. The van der Waals surface area contributed by atoms with Gasteiger partial charge >= 0.3 is 0 Å². The van der Waals surface area contributed by atoms with Gasteiger partial charge in [0, 0.05) is 23.2 Å². The molecular formula is C11H16N4O2S2. The first-order valence-corrected chi connectivity index (χ1v) is 8.26. The maximum Gasteiger partial charge on any atom is 0.281 e. The topological polar surface area (TPSA) is 86.9 Å². The Hall–Kier alpha value is -1.38. The van der Waals surface area contributed by atoms with E-state index in [1.54, 1.807) is 11.4 Å². The van der Waals surface area contributed by atoms with Crippen molar-refractivity contribution in [3.8, 4) is 0 Å². The van der Waals surface area contributed by atoms with Gasteiger partial charge in [0.1, 0.15) is 0 Å². The van der Waals surface area contributed by atoms with Gasteiger partial charge in [-0.2, -0.15) is 24.9 Å². The van der Waals surface area contributed by atoms with Crippen molar-refractivity contribution in [2.75, 3.05) is 11.3 Å². The first-order chi connectivity index (χ1) is 9.04. The van der Waals surface area contributed by atoms with Crippen LogP contribution in [0.5, 0.6) is 0 Å². The van der Waals surface area contributed by atoms with Crippen LogP contribution in [0.15, 0.2) is 21.9 Å². The van der Waals surface area contributed by atoms with E-state index in [-0.39, 0.29) is 5.03 Å². The molecule has 0 bridgehead atoms. The number of aromatic nitrogens is 2. The van der Waals surface area contributed by atoms with Crippen LogP contribution in [0.3, 0.4) is 0 Å². The molecule has 0 saturated carbocycles. The number of hydrogen-bond acceptors (Lipinski definition) is 5. The lowest BCUT2D eigenvalue weighted by atomic mass is 10.2. The number of rotatable bonds is 6. The number of sulfonamides is 1. The summed E-state index contributed by atoms with van der Waals surface area (Å²) in [6, 6.07) is 1.71. The highest BCUT2D eigenvalue weighted by atomic mass is 32.2. The molecule has 0 saturated heterocycles. The molecule has 8 heteroatoms. The van der Waals surface area contributed by atoms with E-state index in [0.29, 0.717) is 17.8 Å². The average Bonchev–Trinajstić information content (AvgIpc) is 2.96. The Morgan fingerprint density at radius 2 is 2.26 bits per heavy atom. The molecule has 0 spiro atoms. The highest BCUT2D eigenvalue weighted by molar-refractivity contribution is 7.92. The van der Waals surface area contributed by atoms with Crippen molar-refractivity contribution in [2.45, 2.75) is 25.4 Å². The second-order valence-corrected chi connectivity index (χ2v) is 6.41. The SMILES string of the molecule is CCNCc1c(S(=O)(=O)Nc2ccsc2)n[nH]c1C. The van der Waals surface area contributed by atoms with Crippen molar-refractivity contribution < 1.29 is 8.42 Å². The van der Waals surface area contributed by atoms with Crippen LogP contribution >= 0.6 is 11.3 Å². The molecule has 2 aromatic heterocycles. The fraction of sp³-hybridized carbons (Fsp3) is 0.364. The van der Waals surface area contributed by atoms with Crippen LogP contribution in [0.1, 0.15) is 18.2 Å². The summed E-state index contributed by atoms with van der Waals surface area (Å²) in [6.45, 7) is 5.01. The highest BCUT2D eigenvalue weighted by Crippen LogP contribution is 2.21. The van der Waals surface area contributed by atoms with Gasteiger partial charge < -0.3 is 5.32 Å². The van der Waals surface area contributed by atoms with Gasteiger partial charge in [-0.3, -0.25) is 9.82 Å². The predicted octanol–water partition coefficient (Wildman–Crippen LogP) is 1.69. The van der Waals surface area contributed by atoms with E-state index in [1.165, 1.54) is 11.3 Å². The summed E-state index contributed by atoms with van der Waals surface area (Å²) in [5.41, 5.74) is 1.98. The van der Waals surface area contributed by atoms with Crippen LogP contribution in [0.25, 0.3) is 0 Å². The molecule has 6 nitrogen and oxygen atoms in total. The summed E-state index contributed by atoms with van der Waals surface area (Å²) in [4.78, 5) is 0.